The second kappa shape index (κ2) is 9.28. The van der Waals surface area contributed by atoms with Crippen molar-refractivity contribution in [1.82, 2.24) is 10.2 Å². The fraction of sp³-hybridized carbons (Fsp3) is 0.750. The Morgan fingerprint density at radius 3 is 2.74 bits per heavy atom. The molecule has 2 amide bonds. The lowest BCUT2D eigenvalue weighted by Crippen LogP contribution is -2.31. The van der Waals surface area contributed by atoms with Crippen molar-refractivity contribution >= 4 is 40.1 Å². The maximum atomic E-state index is 11.8. The van der Waals surface area contributed by atoms with E-state index in [1.165, 1.54) is 11.8 Å². The summed E-state index contributed by atoms with van der Waals surface area (Å²) in [6.45, 7) is 2.02. The summed E-state index contributed by atoms with van der Waals surface area (Å²) in [4.78, 5) is 24.9. The first-order chi connectivity index (χ1) is 9.15. The van der Waals surface area contributed by atoms with Gasteiger partial charge in [-0.1, -0.05) is 24.0 Å². The molecule has 0 atom stereocenters. The lowest BCUT2D eigenvalue weighted by molar-refractivity contribution is -0.127. The number of unbranched alkanes of at least 4 members (excludes halogenated alkanes) is 1. The van der Waals surface area contributed by atoms with Crippen LogP contribution in [0.25, 0.3) is 0 Å². The monoisotopic (exact) mass is 303 g/mol. The molecule has 1 aliphatic rings. The Labute approximate surface area is 123 Å². The summed E-state index contributed by atoms with van der Waals surface area (Å²) in [5.74, 6) is 0.917. The van der Waals surface area contributed by atoms with Gasteiger partial charge in [-0.2, -0.15) is 0 Å². The molecule has 0 aliphatic carbocycles. The molecule has 3 N–H and O–H groups in total. The average molecular weight is 303 g/mol. The predicted octanol–water partition coefficient (Wildman–Crippen LogP) is 0.872. The highest BCUT2D eigenvalue weighted by atomic mass is 32.2. The van der Waals surface area contributed by atoms with Crippen molar-refractivity contribution in [1.29, 1.82) is 0 Å². The Bertz CT molecular complexity index is 337. The van der Waals surface area contributed by atoms with Crippen LogP contribution in [0.5, 0.6) is 0 Å². The Morgan fingerprint density at radius 2 is 2.11 bits per heavy atom. The second-order valence-electron chi connectivity index (χ2n) is 4.36. The van der Waals surface area contributed by atoms with Crippen LogP contribution in [0.4, 0.5) is 0 Å². The number of nitrogens with zero attached hydrogens (tertiary/aromatic N) is 1. The molecule has 0 aromatic heterocycles. The molecule has 1 saturated heterocycles. The van der Waals surface area contributed by atoms with E-state index < -0.39 is 0 Å². The number of hydrogen-bond acceptors (Lipinski definition) is 5. The lowest BCUT2D eigenvalue weighted by atomic mass is 10.2. The number of hydrogen-bond donors (Lipinski definition) is 2. The molecule has 19 heavy (non-hydrogen) atoms. The number of thiocarbonyl (C=S) groups is 1. The van der Waals surface area contributed by atoms with Crippen molar-refractivity contribution in [3.63, 3.8) is 0 Å². The second-order valence-corrected chi connectivity index (χ2v) is 6.09. The average Bonchev–Trinajstić information content (AvgIpc) is 2.81. The first-order valence-corrected chi connectivity index (χ1v) is 7.98. The molecular weight excluding hydrogens is 282 g/mol. The van der Waals surface area contributed by atoms with Crippen LogP contribution in [0.2, 0.25) is 0 Å². The van der Waals surface area contributed by atoms with Crippen LogP contribution < -0.4 is 11.1 Å². The van der Waals surface area contributed by atoms with E-state index in [4.69, 9.17) is 18.0 Å². The van der Waals surface area contributed by atoms with Gasteiger partial charge in [0.15, 0.2) is 0 Å². The Balaban J connectivity index is 2.07. The van der Waals surface area contributed by atoms with Gasteiger partial charge in [0, 0.05) is 31.7 Å². The molecule has 1 rings (SSSR count). The zero-order chi connectivity index (χ0) is 14.1. The summed E-state index contributed by atoms with van der Waals surface area (Å²) in [6, 6.07) is 0. The van der Waals surface area contributed by atoms with Crippen molar-refractivity contribution in [3.8, 4) is 0 Å². The largest absolute Gasteiger partial charge is 0.356 e. The number of nitrogens with one attached hydrogen (secondary N) is 1. The van der Waals surface area contributed by atoms with E-state index in [9.17, 15) is 9.59 Å². The van der Waals surface area contributed by atoms with E-state index >= 15 is 0 Å². The maximum absolute atomic E-state index is 11.8. The third-order valence-corrected chi connectivity index (χ3v) is 4.24. The fourth-order valence-electron chi connectivity index (χ4n) is 1.74. The summed E-state index contributed by atoms with van der Waals surface area (Å²) in [5, 5.41) is 2.82. The van der Waals surface area contributed by atoms with E-state index in [2.05, 4.69) is 5.32 Å². The van der Waals surface area contributed by atoms with E-state index in [1.54, 1.807) is 4.90 Å². The van der Waals surface area contributed by atoms with Crippen LogP contribution in [-0.4, -0.2) is 46.4 Å². The van der Waals surface area contributed by atoms with Gasteiger partial charge >= 0.3 is 0 Å². The number of thioether (sulfide) groups is 1. The van der Waals surface area contributed by atoms with Crippen molar-refractivity contribution in [3.05, 3.63) is 0 Å². The minimum absolute atomic E-state index is 0.00296. The van der Waals surface area contributed by atoms with Crippen LogP contribution in [0.15, 0.2) is 0 Å². The van der Waals surface area contributed by atoms with Gasteiger partial charge in [0.2, 0.25) is 11.8 Å². The van der Waals surface area contributed by atoms with Gasteiger partial charge in [-0.15, -0.1) is 0 Å². The van der Waals surface area contributed by atoms with Gasteiger partial charge in [-0.3, -0.25) is 14.5 Å². The van der Waals surface area contributed by atoms with Crippen LogP contribution in [0, 0.1) is 0 Å². The van der Waals surface area contributed by atoms with Gasteiger partial charge in [-0.25, -0.2) is 0 Å². The van der Waals surface area contributed by atoms with Gasteiger partial charge in [0.25, 0.3) is 0 Å². The minimum atomic E-state index is 0.00296. The van der Waals surface area contributed by atoms with Gasteiger partial charge in [-0.05, 0) is 25.8 Å². The molecule has 0 aromatic carbocycles. The van der Waals surface area contributed by atoms with E-state index in [1.807, 2.05) is 0 Å². The highest BCUT2D eigenvalue weighted by Crippen LogP contribution is 2.19. The zero-order valence-corrected chi connectivity index (χ0v) is 12.7. The topological polar surface area (TPSA) is 75.4 Å². The summed E-state index contributed by atoms with van der Waals surface area (Å²) >= 11 is 6.62. The zero-order valence-electron chi connectivity index (χ0n) is 11.0. The van der Waals surface area contributed by atoms with Crippen molar-refractivity contribution in [2.24, 2.45) is 5.73 Å². The summed E-state index contributed by atoms with van der Waals surface area (Å²) < 4.78 is 0.663. The molecule has 1 fully saturated rings. The van der Waals surface area contributed by atoms with Crippen molar-refractivity contribution in [2.45, 2.75) is 32.1 Å². The van der Waals surface area contributed by atoms with Gasteiger partial charge in [0.05, 0.1) is 0 Å². The molecule has 0 spiro atoms. The SMILES string of the molecule is NCCCCNC(=O)CCCC(=O)N1CCSC1=S. The number of nitrogens with two attached hydrogens (primary N) is 1. The Kier molecular flexibility index (Phi) is 8.00. The quantitative estimate of drug-likeness (QED) is 0.514. The van der Waals surface area contributed by atoms with E-state index in [0.29, 0.717) is 43.2 Å². The van der Waals surface area contributed by atoms with Gasteiger partial charge < -0.3 is 11.1 Å². The van der Waals surface area contributed by atoms with Crippen LogP contribution in [-0.2, 0) is 9.59 Å². The standard InChI is InChI=1S/C12H21N3O2S2/c13-6-1-2-7-14-10(16)4-3-5-11(17)15-8-9-19-12(15)18/h1-9,13H2,(H,14,16). The first-order valence-electron chi connectivity index (χ1n) is 6.59. The number of amides is 2. The third-order valence-electron chi connectivity index (χ3n) is 2.81. The number of rotatable bonds is 8. The summed E-state index contributed by atoms with van der Waals surface area (Å²) in [7, 11) is 0. The van der Waals surface area contributed by atoms with Crippen LogP contribution >= 0.6 is 24.0 Å². The number of carbonyl (C=O) groups is 2. The molecule has 5 nitrogen and oxygen atoms in total. The van der Waals surface area contributed by atoms with Crippen molar-refractivity contribution in [2.75, 3.05) is 25.4 Å². The van der Waals surface area contributed by atoms with Crippen molar-refractivity contribution < 1.29 is 9.59 Å². The highest BCUT2D eigenvalue weighted by Gasteiger charge is 2.23. The van der Waals surface area contributed by atoms with E-state index in [0.717, 1.165) is 18.6 Å². The lowest BCUT2D eigenvalue weighted by Gasteiger charge is -2.14. The predicted molar refractivity (Wildman–Crippen MR) is 81.9 cm³/mol. The Morgan fingerprint density at radius 1 is 1.32 bits per heavy atom. The molecule has 7 heteroatoms. The molecule has 0 aromatic rings. The molecule has 0 bridgehead atoms. The first kappa shape index (κ1) is 16.4. The summed E-state index contributed by atoms with van der Waals surface area (Å²) in [6.07, 6.45) is 3.17. The van der Waals surface area contributed by atoms with Crippen LogP contribution in [0.3, 0.4) is 0 Å². The molecule has 1 aliphatic heterocycles. The Hall–Kier alpha value is -0.660. The van der Waals surface area contributed by atoms with E-state index in [-0.39, 0.29) is 11.8 Å². The molecular formula is C12H21N3O2S2. The van der Waals surface area contributed by atoms with Crippen LogP contribution in [0.1, 0.15) is 32.1 Å². The molecule has 1 heterocycles. The molecule has 0 saturated carbocycles. The minimum Gasteiger partial charge on any atom is -0.356 e. The molecule has 0 unspecified atom stereocenters. The maximum Gasteiger partial charge on any atom is 0.228 e. The fourth-order valence-corrected chi connectivity index (χ4v) is 2.98. The number of carbonyl (C=O) groups excluding carboxylic acids is 2. The molecule has 108 valence electrons. The molecule has 0 radical (unpaired) electrons. The summed E-state index contributed by atoms with van der Waals surface area (Å²) in [5.41, 5.74) is 5.36. The normalized spacial score (nSPS) is 14.8. The smallest absolute Gasteiger partial charge is 0.228 e. The highest BCUT2D eigenvalue weighted by molar-refractivity contribution is 8.23. The van der Waals surface area contributed by atoms with Gasteiger partial charge in [0.1, 0.15) is 4.32 Å². The third kappa shape index (κ3) is 6.35.